The molecule has 0 spiro atoms. The van der Waals surface area contributed by atoms with Crippen molar-refractivity contribution in [3.05, 3.63) is 47.8 Å². The SMILES string of the molecule is COC/C(=C\[I+]c1ccc([N+](=O)[O-])cc1)OS(=O)(=O)C(F)(F)F. The quantitative estimate of drug-likeness (QED) is 0.130. The molecular formula is C11H10F3INO6S+. The van der Waals surface area contributed by atoms with Gasteiger partial charge in [-0.2, -0.15) is 21.6 Å². The van der Waals surface area contributed by atoms with Gasteiger partial charge in [0.25, 0.3) is 5.69 Å². The van der Waals surface area contributed by atoms with Crippen LogP contribution in [0.2, 0.25) is 0 Å². The Hall–Kier alpha value is -1.41. The molecule has 0 aliphatic heterocycles. The third kappa shape index (κ3) is 5.95. The summed E-state index contributed by atoms with van der Waals surface area (Å²) in [6.45, 7) is -0.456. The van der Waals surface area contributed by atoms with E-state index in [0.717, 1.165) is 0 Å². The number of methoxy groups -OCH3 is 1. The Morgan fingerprint density at radius 2 is 1.91 bits per heavy atom. The van der Waals surface area contributed by atoms with Crippen LogP contribution in [0.5, 0.6) is 0 Å². The Bertz CT molecular complexity index is 687. The third-order valence-electron chi connectivity index (χ3n) is 2.13. The fourth-order valence-corrected chi connectivity index (χ4v) is 3.60. The molecule has 0 unspecified atom stereocenters. The first-order valence-electron chi connectivity index (χ1n) is 5.63. The van der Waals surface area contributed by atoms with Crippen LogP contribution in [0.15, 0.2) is 34.1 Å². The second-order valence-electron chi connectivity index (χ2n) is 3.83. The van der Waals surface area contributed by atoms with Crippen molar-refractivity contribution in [3.8, 4) is 0 Å². The number of nitrogens with zero attached hydrogens (tertiary/aromatic N) is 1. The molecule has 128 valence electrons. The van der Waals surface area contributed by atoms with Crippen molar-refractivity contribution < 1.29 is 56.6 Å². The number of rotatable bonds is 7. The summed E-state index contributed by atoms with van der Waals surface area (Å²) in [6, 6.07) is 5.35. The van der Waals surface area contributed by atoms with Crippen LogP contribution in [-0.2, 0) is 19.0 Å². The predicted octanol–water partition coefficient (Wildman–Crippen LogP) is -0.793. The average Bonchev–Trinajstić information content (AvgIpc) is 2.44. The highest BCUT2D eigenvalue weighted by Gasteiger charge is 2.49. The van der Waals surface area contributed by atoms with E-state index in [2.05, 4.69) is 8.92 Å². The monoisotopic (exact) mass is 468 g/mol. The molecule has 0 saturated heterocycles. The van der Waals surface area contributed by atoms with Gasteiger partial charge in [-0.1, -0.05) is 0 Å². The number of hydrogen-bond acceptors (Lipinski definition) is 6. The van der Waals surface area contributed by atoms with Gasteiger partial charge in [0.1, 0.15) is 6.61 Å². The molecular weight excluding hydrogens is 458 g/mol. The van der Waals surface area contributed by atoms with Gasteiger partial charge in [-0.25, -0.2) is 0 Å². The Morgan fingerprint density at radius 1 is 1.35 bits per heavy atom. The van der Waals surface area contributed by atoms with E-state index in [4.69, 9.17) is 0 Å². The maximum absolute atomic E-state index is 12.3. The van der Waals surface area contributed by atoms with E-state index >= 15 is 0 Å². The minimum absolute atomic E-state index is 0.130. The van der Waals surface area contributed by atoms with Crippen LogP contribution in [0.3, 0.4) is 0 Å². The van der Waals surface area contributed by atoms with Crippen LogP contribution in [0.1, 0.15) is 0 Å². The van der Waals surface area contributed by atoms with Crippen LogP contribution >= 0.6 is 0 Å². The first-order chi connectivity index (χ1) is 10.6. The van der Waals surface area contributed by atoms with Gasteiger partial charge in [-0.05, 0) is 12.1 Å². The summed E-state index contributed by atoms with van der Waals surface area (Å²) >= 11 is -1.07. The highest BCUT2D eigenvalue weighted by Crippen LogP contribution is 2.26. The van der Waals surface area contributed by atoms with E-state index < -0.39 is 54.1 Å². The van der Waals surface area contributed by atoms with Gasteiger partial charge in [0.05, 0.1) is 4.92 Å². The fourth-order valence-electron chi connectivity index (χ4n) is 1.16. The lowest BCUT2D eigenvalue weighted by Gasteiger charge is -2.09. The minimum atomic E-state index is -5.76. The first kappa shape index (κ1) is 19.6. The topological polar surface area (TPSA) is 95.7 Å². The van der Waals surface area contributed by atoms with Crippen LogP contribution in [-0.4, -0.2) is 32.6 Å². The van der Waals surface area contributed by atoms with Gasteiger partial charge in [0.2, 0.25) is 4.08 Å². The number of nitro benzene ring substituents is 1. The lowest BCUT2D eigenvalue weighted by Crippen LogP contribution is -3.59. The molecule has 0 heterocycles. The molecule has 0 fully saturated rings. The molecule has 0 aliphatic carbocycles. The normalized spacial score (nSPS) is 13.0. The summed E-state index contributed by atoms with van der Waals surface area (Å²) in [5.74, 6) is -0.490. The number of ether oxygens (including phenoxy) is 1. The smallest absolute Gasteiger partial charge is 0.377 e. The van der Waals surface area contributed by atoms with Gasteiger partial charge in [0, 0.05) is 19.2 Å². The molecule has 23 heavy (non-hydrogen) atoms. The number of hydrogen-bond donors (Lipinski definition) is 0. The Morgan fingerprint density at radius 3 is 2.35 bits per heavy atom. The molecule has 0 aromatic heterocycles. The maximum atomic E-state index is 12.3. The zero-order valence-electron chi connectivity index (χ0n) is 11.4. The van der Waals surface area contributed by atoms with Crippen LogP contribution in [0, 0.1) is 13.7 Å². The van der Waals surface area contributed by atoms with Crippen molar-refractivity contribution in [2.24, 2.45) is 0 Å². The zero-order valence-corrected chi connectivity index (χ0v) is 14.4. The summed E-state index contributed by atoms with van der Waals surface area (Å²) in [5.41, 5.74) is -5.67. The van der Waals surface area contributed by atoms with Crippen LogP contribution in [0.25, 0.3) is 0 Å². The van der Waals surface area contributed by atoms with E-state index in [-0.39, 0.29) is 5.69 Å². The standard InChI is InChI=1S/C11H10F3INO6S/c1-21-7-10(22-23(19,20)11(12,13)14)6-15-8-2-4-9(5-3-8)16(17)18/h2-6H,7H2,1H3/q+1/b10-6+. The van der Waals surface area contributed by atoms with Crippen molar-refractivity contribution in [3.63, 3.8) is 0 Å². The number of nitro groups is 1. The molecule has 0 aliphatic rings. The lowest BCUT2D eigenvalue weighted by molar-refractivity contribution is -0.558. The van der Waals surface area contributed by atoms with Crippen molar-refractivity contribution in [2.45, 2.75) is 5.51 Å². The first-order valence-corrected chi connectivity index (χ1v) is 9.36. The maximum Gasteiger partial charge on any atom is 0.534 e. The minimum Gasteiger partial charge on any atom is -0.377 e. The van der Waals surface area contributed by atoms with Gasteiger partial charge in [0.15, 0.2) is 9.33 Å². The van der Waals surface area contributed by atoms with E-state index in [0.29, 0.717) is 3.57 Å². The number of halogens is 4. The molecule has 0 radical (unpaired) electrons. The second kappa shape index (κ2) is 7.92. The van der Waals surface area contributed by atoms with Crippen molar-refractivity contribution >= 4 is 15.8 Å². The fraction of sp³-hybridized carbons (Fsp3) is 0.273. The molecule has 0 saturated carbocycles. The van der Waals surface area contributed by atoms with Crippen molar-refractivity contribution in [1.82, 2.24) is 0 Å². The van der Waals surface area contributed by atoms with Gasteiger partial charge in [-0.3, -0.25) is 10.1 Å². The molecule has 1 aromatic rings. The van der Waals surface area contributed by atoms with Crippen LogP contribution in [0.4, 0.5) is 18.9 Å². The third-order valence-corrected chi connectivity index (χ3v) is 5.57. The number of non-ortho nitro benzene ring substituents is 1. The molecule has 0 atom stereocenters. The largest absolute Gasteiger partial charge is 0.534 e. The molecule has 1 aromatic carbocycles. The predicted molar refractivity (Wildman–Crippen MR) is 67.8 cm³/mol. The molecule has 1 rings (SSSR count). The summed E-state index contributed by atoms with van der Waals surface area (Å²) < 4.78 is 69.2. The molecule has 7 nitrogen and oxygen atoms in total. The molecule has 0 amide bonds. The summed E-state index contributed by atoms with van der Waals surface area (Å²) in [5, 5.41) is 10.5. The molecule has 12 heteroatoms. The van der Waals surface area contributed by atoms with Gasteiger partial charge < -0.3 is 8.92 Å². The number of benzene rings is 1. The van der Waals surface area contributed by atoms with Gasteiger partial charge in [-0.15, -0.1) is 0 Å². The lowest BCUT2D eigenvalue weighted by atomic mass is 10.3. The summed E-state index contributed by atoms with van der Waals surface area (Å²) in [6.07, 6.45) is 0. The summed E-state index contributed by atoms with van der Waals surface area (Å²) in [7, 11) is -4.59. The Kier molecular flexibility index (Phi) is 6.76. The zero-order chi connectivity index (χ0) is 17.7. The Labute approximate surface area is 139 Å². The molecule has 0 N–H and O–H groups in total. The van der Waals surface area contributed by atoms with Crippen molar-refractivity contribution in [1.29, 1.82) is 0 Å². The average molecular weight is 468 g/mol. The van der Waals surface area contributed by atoms with Crippen LogP contribution < -0.4 is 21.2 Å². The summed E-state index contributed by atoms with van der Waals surface area (Å²) in [4.78, 5) is 9.92. The van der Waals surface area contributed by atoms with E-state index in [1.165, 1.54) is 35.5 Å². The molecule has 0 bridgehead atoms. The second-order valence-corrected chi connectivity index (χ2v) is 7.86. The Balaban J connectivity index is 2.89. The highest BCUT2D eigenvalue weighted by molar-refractivity contribution is 7.87. The van der Waals surface area contributed by atoms with Gasteiger partial charge >= 0.3 is 36.8 Å². The van der Waals surface area contributed by atoms with E-state index in [1.807, 2.05) is 0 Å². The highest BCUT2D eigenvalue weighted by atomic mass is 127. The van der Waals surface area contributed by atoms with E-state index in [1.54, 1.807) is 0 Å². The van der Waals surface area contributed by atoms with E-state index in [9.17, 15) is 31.7 Å². The van der Waals surface area contributed by atoms with Crippen molar-refractivity contribution in [2.75, 3.05) is 13.7 Å². The number of alkyl halides is 3.